The first kappa shape index (κ1) is 20.5. The average molecular weight is 421 g/mol. The number of anilines is 1. The Labute approximate surface area is 180 Å². The molecule has 1 aliphatic rings. The molecular weight excluding hydrogens is 392 g/mol. The minimum absolute atomic E-state index is 0.197. The molecule has 2 aromatic heterocycles. The van der Waals surface area contributed by atoms with Crippen LogP contribution in [0.25, 0.3) is 21.9 Å². The molecule has 0 spiro atoms. The molecule has 2 atom stereocenters. The van der Waals surface area contributed by atoms with E-state index in [4.69, 9.17) is 0 Å². The molecule has 2 unspecified atom stereocenters. The van der Waals surface area contributed by atoms with Crippen LogP contribution in [0.15, 0.2) is 61.2 Å². The molecule has 3 heterocycles. The van der Waals surface area contributed by atoms with E-state index in [1.165, 1.54) is 0 Å². The van der Waals surface area contributed by atoms with Gasteiger partial charge in [0, 0.05) is 59.9 Å². The lowest BCUT2D eigenvalue weighted by Crippen LogP contribution is -2.33. The largest absolute Gasteiger partial charge is 0.378 e. The number of nitrogens with one attached hydrogen (secondary N) is 1. The van der Waals surface area contributed by atoms with Crippen LogP contribution in [0.2, 0.25) is 0 Å². The fourth-order valence-corrected chi connectivity index (χ4v) is 5.01. The first-order valence-electron chi connectivity index (χ1n) is 10.5. The van der Waals surface area contributed by atoms with Gasteiger partial charge in [-0.3, -0.25) is 14.3 Å². The van der Waals surface area contributed by atoms with Crippen LogP contribution in [0.5, 0.6) is 0 Å². The lowest BCUT2D eigenvalue weighted by molar-refractivity contribution is 0.507. The minimum Gasteiger partial charge on any atom is -0.378 e. The Morgan fingerprint density at radius 2 is 2.10 bits per heavy atom. The number of hydrogen-bond acceptors (Lipinski definition) is 4. The van der Waals surface area contributed by atoms with Crippen LogP contribution in [0, 0.1) is 6.92 Å². The van der Waals surface area contributed by atoms with E-state index in [2.05, 4.69) is 46.5 Å². The van der Waals surface area contributed by atoms with Crippen molar-refractivity contribution < 1.29 is 4.21 Å². The van der Waals surface area contributed by atoms with Gasteiger partial charge in [0.15, 0.2) is 0 Å². The van der Waals surface area contributed by atoms with E-state index in [1.54, 1.807) is 0 Å². The van der Waals surface area contributed by atoms with Gasteiger partial charge in [0.1, 0.15) is 11.0 Å². The van der Waals surface area contributed by atoms with Crippen LogP contribution in [-0.4, -0.2) is 36.8 Å². The number of hydrogen-bond donors (Lipinski definition) is 1. The lowest BCUT2D eigenvalue weighted by atomic mass is 10.00. The van der Waals surface area contributed by atoms with E-state index >= 15 is 0 Å². The Morgan fingerprint density at radius 1 is 1.20 bits per heavy atom. The zero-order valence-corrected chi connectivity index (χ0v) is 18.4. The van der Waals surface area contributed by atoms with Gasteiger partial charge in [-0.15, -0.1) is 0 Å². The summed E-state index contributed by atoms with van der Waals surface area (Å²) in [6.07, 6.45) is 12.7. The molecule has 4 rings (SSSR count). The molecule has 6 heteroatoms. The molecule has 5 nitrogen and oxygen atoms in total. The first-order valence-corrected chi connectivity index (χ1v) is 11.8. The molecule has 0 amide bonds. The molecule has 0 bridgehead atoms. The Balaban J connectivity index is 1.59. The second-order valence-electron chi connectivity index (χ2n) is 7.71. The van der Waals surface area contributed by atoms with Crippen molar-refractivity contribution in [2.24, 2.45) is 0 Å². The van der Waals surface area contributed by atoms with Crippen molar-refractivity contribution in [1.82, 2.24) is 14.3 Å². The number of rotatable bonds is 7. The predicted octanol–water partition coefficient (Wildman–Crippen LogP) is 5.07. The molecule has 1 aromatic carbocycles. The van der Waals surface area contributed by atoms with Crippen LogP contribution in [0.1, 0.15) is 31.9 Å². The highest BCUT2D eigenvalue weighted by molar-refractivity contribution is 7.82. The molecule has 0 radical (unpaired) electrons. The first-order chi connectivity index (χ1) is 14.6. The Hall–Kier alpha value is -2.73. The van der Waals surface area contributed by atoms with Gasteiger partial charge in [-0.25, -0.2) is 4.21 Å². The SMILES string of the molecule is CCCCS(=O)N1C=CC(Nc2cc(-c3ccnc(C)c3)cc3ccncc23)CC1. The number of aryl methyl sites for hydroxylation is 1. The quantitative estimate of drug-likeness (QED) is 0.580. The van der Waals surface area contributed by atoms with Crippen LogP contribution < -0.4 is 5.32 Å². The van der Waals surface area contributed by atoms with Crippen LogP contribution in [0.3, 0.4) is 0 Å². The maximum Gasteiger partial charge on any atom is 0.119 e. The third kappa shape index (κ3) is 4.70. The third-order valence-electron chi connectivity index (χ3n) is 5.41. The van der Waals surface area contributed by atoms with E-state index in [0.29, 0.717) is 0 Å². The number of benzene rings is 1. The summed E-state index contributed by atoms with van der Waals surface area (Å²) in [5.74, 6) is 0.739. The molecule has 1 aliphatic heterocycles. The fourth-order valence-electron chi connectivity index (χ4n) is 3.72. The van der Waals surface area contributed by atoms with E-state index in [1.807, 2.05) is 48.2 Å². The van der Waals surface area contributed by atoms with Gasteiger partial charge in [0.25, 0.3) is 0 Å². The van der Waals surface area contributed by atoms with Gasteiger partial charge < -0.3 is 5.32 Å². The van der Waals surface area contributed by atoms with Crippen molar-refractivity contribution in [1.29, 1.82) is 0 Å². The van der Waals surface area contributed by atoms with E-state index in [9.17, 15) is 4.21 Å². The molecule has 0 aliphatic carbocycles. The van der Waals surface area contributed by atoms with Gasteiger partial charge in [0.05, 0.1) is 0 Å². The number of unbranched alkanes of at least 4 members (excludes halogenated alkanes) is 1. The van der Waals surface area contributed by atoms with Crippen LogP contribution >= 0.6 is 0 Å². The highest BCUT2D eigenvalue weighted by Crippen LogP contribution is 2.32. The smallest absolute Gasteiger partial charge is 0.119 e. The van der Waals surface area contributed by atoms with Gasteiger partial charge in [0.2, 0.25) is 0 Å². The van der Waals surface area contributed by atoms with Crippen molar-refractivity contribution in [2.45, 2.75) is 39.2 Å². The Morgan fingerprint density at radius 3 is 2.87 bits per heavy atom. The summed E-state index contributed by atoms with van der Waals surface area (Å²) in [6, 6.07) is 10.8. The molecule has 3 aromatic rings. The summed E-state index contributed by atoms with van der Waals surface area (Å²) >= 11 is 0. The van der Waals surface area contributed by atoms with Gasteiger partial charge in [-0.1, -0.05) is 13.3 Å². The van der Waals surface area contributed by atoms with Gasteiger partial charge in [-0.05, 0) is 72.7 Å². The maximum absolute atomic E-state index is 12.4. The molecule has 156 valence electrons. The zero-order valence-electron chi connectivity index (χ0n) is 17.5. The molecule has 30 heavy (non-hydrogen) atoms. The lowest BCUT2D eigenvalue weighted by Gasteiger charge is -2.28. The van der Waals surface area contributed by atoms with Crippen molar-refractivity contribution >= 4 is 27.4 Å². The van der Waals surface area contributed by atoms with Gasteiger partial charge in [-0.2, -0.15) is 0 Å². The van der Waals surface area contributed by atoms with E-state index in [0.717, 1.165) is 64.8 Å². The number of pyridine rings is 2. The Kier molecular flexibility index (Phi) is 6.43. The molecular formula is C24H28N4OS. The van der Waals surface area contributed by atoms with Crippen LogP contribution in [-0.2, 0) is 11.0 Å². The molecule has 0 saturated carbocycles. The monoisotopic (exact) mass is 420 g/mol. The average Bonchev–Trinajstić information content (AvgIpc) is 2.78. The topological polar surface area (TPSA) is 58.1 Å². The fraction of sp³-hybridized carbons (Fsp3) is 0.333. The van der Waals surface area contributed by atoms with Crippen molar-refractivity contribution in [3.63, 3.8) is 0 Å². The zero-order chi connectivity index (χ0) is 20.9. The minimum atomic E-state index is -0.918. The normalized spacial score (nSPS) is 17.3. The summed E-state index contributed by atoms with van der Waals surface area (Å²) in [7, 11) is -0.918. The predicted molar refractivity (Wildman–Crippen MR) is 126 cm³/mol. The van der Waals surface area contributed by atoms with E-state index in [-0.39, 0.29) is 6.04 Å². The van der Waals surface area contributed by atoms with Crippen molar-refractivity contribution in [2.75, 3.05) is 17.6 Å². The Bertz CT molecular complexity index is 1080. The summed E-state index contributed by atoms with van der Waals surface area (Å²) in [5.41, 5.74) is 4.38. The van der Waals surface area contributed by atoms with E-state index < -0.39 is 11.0 Å². The van der Waals surface area contributed by atoms with Crippen molar-refractivity contribution in [3.05, 3.63) is 66.9 Å². The molecule has 0 fully saturated rings. The highest BCUT2D eigenvalue weighted by Gasteiger charge is 2.18. The summed E-state index contributed by atoms with van der Waals surface area (Å²) in [4.78, 5) is 8.65. The van der Waals surface area contributed by atoms with Crippen LogP contribution in [0.4, 0.5) is 5.69 Å². The highest BCUT2D eigenvalue weighted by atomic mass is 32.2. The van der Waals surface area contributed by atoms with Gasteiger partial charge >= 0.3 is 0 Å². The summed E-state index contributed by atoms with van der Waals surface area (Å²) < 4.78 is 14.3. The van der Waals surface area contributed by atoms with Crippen molar-refractivity contribution in [3.8, 4) is 11.1 Å². The third-order valence-corrected chi connectivity index (χ3v) is 6.87. The number of aromatic nitrogens is 2. The summed E-state index contributed by atoms with van der Waals surface area (Å²) in [5, 5.41) is 5.94. The number of nitrogens with zero attached hydrogens (tertiary/aromatic N) is 3. The standard InChI is InChI=1S/C24H28N4OS/c1-3-4-13-30(29)28-11-7-22(8-12-28)27-24-16-21(19-6-10-26-18(2)14-19)15-20-5-9-25-17-23(20)24/h5-7,9-11,14-17,22,27H,3-4,8,12-13H2,1-2H3. The second-order valence-corrected chi connectivity index (χ2v) is 9.23. The molecule has 0 saturated heterocycles. The summed E-state index contributed by atoms with van der Waals surface area (Å²) in [6.45, 7) is 4.93. The second kappa shape index (κ2) is 9.39. The number of fused-ring (bicyclic) bond motifs is 1. The molecule has 1 N–H and O–H groups in total. The maximum atomic E-state index is 12.4.